The fraction of sp³-hybridized carbons (Fsp3) is 0.135. The monoisotopic (exact) mass is 576 g/mol. The molecule has 0 unspecified atom stereocenters. The highest BCUT2D eigenvalue weighted by molar-refractivity contribution is 7.26. The third-order valence-corrected chi connectivity index (χ3v) is 9.49. The Morgan fingerprint density at radius 3 is 1.91 bits per heavy atom. The lowest BCUT2D eigenvalue weighted by molar-refractivity contribution is 0.596. The molecule has 6 aromatic heterocycles. The molecule has 0 N–H and O–H groups in total. The Balaban J connectivity index is 1.22. The number of rotatable bonds is 4. The molecule has 0 fully saturated rings. The van der Waals surface area contributed by atoms with Crippen LogP contribution in [0.2, 0.25) is 0 Å². The smallest absolute Gasteiger partial charge is 0.227 e. The van der Waals surface area contributed by atoms with E-state index in [0.717, 1.165) is 66.5 Å². The van der Waals surface area contributed by atoms with Gasteiger partial charge in [-0.1, -0.05) is 42.5 Å². The molecule has 0 aliphatic heterocycles. The molecule has 0 amide bonds. The highest BCUT2D eigenvalue weighted by Crippen LogP contribution is 2.40. The molecule has 2 aromatic carbocycles. The normalized spacial score (nSPS) is 12.2. The van der Waals surface area contributed by atoms with E-state index in [0.29, 0.717) is 5.71 Å². The van der Waals surface area contributed by atoms with Crippen LogP contribution >= 0.6 is 11.3 Å². The third-order valence-electron chi connectivity index (χ3n) is 8.34. The molecule has 6 heteroatoms. The van der Waals surface area contributed by atoms with Crippen molar-refractivity contribution in [2.24, 2.45) is 0 Å². The first-order valence-electron chi connectivity index (χ1n) is 14.4. The van der Waals surface area contributed by atoms with E-state index in [1.807, 2.05) is 26.0 Å². The van der Waals surface area contributed by atoms with Gasteiger partial charge in [-0.15, -0.1) is 11.3 Å². The summed E-state index contributed by atoms with van der Waals surface area (Å²) >= 11 is 1.73. The van der Waals surface area contributed by atoms with Crippen LogP contribution in [0, 0.1) is 13.8 Å². The van der Waals surface area contributed by atoms with E-state index in [-0.39, 0.29) is 0 Å². The van der Waals surface area contributed by atoms with Crippen LogP contribution in [0.1, 0.15) is 36.6 Å². The maximum absolute atomic E-state index is 6.29. The van der Waals surface area contributed by atoms with Crippen molar-refractivity contribution in [1.82, 2.24) is 19.9 Å². The number of aromatic nitrogens is 4. The van der Waals surface area contributed by atoms with Gasteiger partial charge in [-0.25, -0.2) is 9.97 Å². The zero-order valence-corrected chi connectivity index (χ0v) is 25.2. The third kappa shape index (κ3) is 4.13. The van der Waals surface area contributed by atoms with Gasteiger partial charge in [-0.3, -0.25) is 9.97 Å². The number of aryl methyl sites for hydroxylation is 2. The minimum atomic E-state index is -0.445. The van der Waals surface area contributed by atoms with Gasteiger partial charge in [0.25, 0.3) is 0 Å². The Bertz CT molecular complexity index is 2200. The van der Waals surface area contributed by atoms with Crippen LogP contribution in [-0.2, 0) is 5.41 Å². The molecule has 43 heavy (non-hydrogen) atoms. The Hall–Kier alpha value is -4.94. The molecule has 8 aromatic rings. The van der Waals surface area contributed by atoms with Crippen molar-refractivity contribution in [3.05, 3.63) is 120 Å². The van der Waals surface area contributed by atoms with Crippen molar-refractivity contribution < 1.29 is 4.42 Å². The lowest BCUT2D eigenvalue weighted by Crippen LogP contribution is -2.22. The Morgan fingerprint density at radius 1 is 0.558 bits per heavy atom. The summed E-state index contributed by atoms with van der Waals surface area (Å²) in [6.45, 7) is 8.39. The fourth-order valence-electron chi connectivity index (χ4n) is 5.94. The van der Waals surface area contributed by atoms with Gasteiger partial charge in [0.05, 0.1) is 22.8 Å². The fourth-order valence-corrected chi connectivity index (χ4v) is 7.18. The molecule has 0 saturated carbocycles. The largest absolute Gasteiger partial charge is 0.437 e. The van der Waals surface area contributed by atoms with Crippen LogP contribution in [0.5, 0.6) is 0 Å². The first kappa shape index (κ1) is 25.7. The second kappa shape index (κ2) is 9.54. The van der Waals surface area contributed by atoms with Gasteiger partial charge in [0.1, 0.15) is 10.4 Å². The number of fused-ring (bicyclic) bond motifs is 6. The SMILES string of the molecule is Cc1ccc2c(n1)oc1c(-c3cccc(C(C)(C)c4cccc(-c5cccc6c5sc5nc(C)ccc56)n4)n3)cccc12. The van der Waals surface area contributed by atoms with Gasteiger partial charge in [-0.05, 0) is 82.3 Å². The minimum Gasteiger partial charge on any atom is -0.437 e. The first-order valence-corrected chi connectivity index (χ1v) is 15.2. The summed E-state index contributed by atoms with van der Waals surface area (Å²) in [4.78, 5) is 20.9. The number of para-hydroxylation sites is 1. The van der Waals surface area contributed by atoms with Crippen LogP contribution in [0.4, 0.5) is 0 Å². The molecule has 0 saturated heterocycles. The van der Waals surface area contributed by atoms with Gasteiger partial charge >= 0.3 is 0 Å². The van der Waals surface area contributed by atoms with Gasteiger partial charge < -0.3 is 4.42 Å². The summed E-state index contributed by atoms with van der Waals surface area (Å²) in [6.07, 6.45) is 0. The molecular weight excluding hydrogens is 549 g/mol. The maximum atomic E-state index is 6.29. The minimum absolute atomic E-state index is 0.445. The first-order chi connectivity index (χ1) is 20.9. The predicted molar refractivity (Wildman–Crippen MR) is 177 cm³/mol. The molecular formula is C37H28N4OS. The summed E-state index contributed by atoms with van der Waals surface area (Å²) in [6, 6.07) is 33.5. The molecule has 0 aliphatic carbocycles. The van der Waals surface area contributed by atoms with Gasteiger partial charge in [0, 0.05) is 54.2 Å². The van der Waals surface area contributed by atoms with Crippen molar-refractivity contribution >= 4 is 53.7 Å². The maximum Gasteiger partial charge on any atom is 0.227 e. The number of hydrogen-bond donors (Lipinski definition) is 0. The number of thiophene rings is 1. The van der Waals surface area contributed by atoms with Crippen molar-refractivity contribution in [1.29, 1.82) is 0 Å². The summed E-state index contributed by atoms with van der Waals surface area (Å²) in [5.74, 6) is 0. The summed E-state index contributed by atoms with van der Waals surface area (Å²) in [5, 5.41) is 4.47. The predicted octanol–water partition coefficient (Wildman–Crippen LogP) is 9.81. The quantitative estimate of drug-likeness (QED) is 0.209. The lowest BCUT2D eigenvalue weighted by Gasteiger charge is -2.25. The van der Waals surface area contributed by atoms with E-state index >= 15 is 0 Å². The topological polar surface area (TPSA) is 64.7 Å². The number of hydrogen-bond acceptors (Lipinski definition) is 6. The second-order valence-corrected chi connectivity index (χ2v) is 12.6. The Kier molecular flexibility index (Phi) is 5.71. The Labute approximate surface area is 252 Å². The summed E-state index contributed by atoms with van der Waals surface area (Å²) in [7, 11) is 0. The van der Waals surface area contributed by atoms with E-state index in [1.165, 1.54) is 15.5 Å². The van der Waals surface area contributed by atoms with Gasteiger partial charge in [0.2, 0.25) is 5.71 Å². The molecule has 0 radical (unpaired) electrons. The van der Waals surface area contributed by atoms with E-state index in [9.17, 15) is 0 Å². The number of nitrogens with zero attached hydrogens (tertiary/aromatic N) is 4. The average molecular weight is 577 g/mol. The van der Waals surface area contributed by atoms with Crippen LogP contribution in [0.15, 0.2) is 101 Å². The molecule has 0 bridgehead atoms. The van der Waals surface area contributed by atoms with Crippen molar-refractivity contribution in [3.8, 4) is 22.5 Å². The lowest BCUT2D eigenvalue weighted by atomic mass is 9.84. The average Bonchev–Trinajstić information content (AvgIpc) is 3.58. The van der Waals surface area contributed by atoms with Gasteiger partial charge in [0.15, 0.2) is 0 Å². The van der Waals surface area contributed by atoms with Gasteiger partial charge in [-0.2, -0.15) is 0 Å². The van der Waals surface area contributed by atoms with E-state index in [1.54, 1.807) is 11.3 Å². The standard InChI is InChI=1S/C37H28N4OS/c1-21-17-19-25-23-9-5-11-27(33(23)42-35(25)38-21)29-13-7-15-31(40-29)37(3,4)32-16-8-14-30(41-32)28-12-6-10-24-26-20-18-22(2)39-36(26)43-34(24)28/h5-20H,1-4H3. The van der Waals surface area contributed by atoms with Crippen molar-refractivity contribution in [3.63, 3.8) is 0 Å². The molecule has 8 rings (SSSR count). The van der Waals surface area contributed by atoms with Crippen molar-refractivity contribution in [2.45, 2.75) is 33.1 Å². The van der Waals surface area contributed by atoms with Crippen molar-refractivity contribution in [2.75, 3.05) is 0 Å². The zero-order valence-electron chi connectivity index (χ0n) is 24.3. The second-order valence-electron chi connectivity index (χ2n) is 11.6. The highest BCUT2D eigenvalue weighted by Gasteiger charge is 2.28. The number of benzene rings is 2. The number of furan rings is 1. The van der Waals surface area contributed by atoms with E-state index in [2.05, 4.69) is 104 Å². The van der Waals surface area contributed by atoms with Crippen LogP contribution < -0.4 is 0 Å². The van der Waals surface area contributed by atoms with E-state index in [4.69, 9.17) is 19.4 Å². The molecule has 5 nitrogen and oxygen atoms in total. The van der Waals surface area contributed by atoms with Crippen LogP contribution in [-0.4, -0.2) is 19.9 Å². The van der Waals surface area contributed by atoms with E-state index < -0.39 is 5.41 Å². The summed E-state index contributed by atoms with van der Waals surface area (Å²) < 4.78 is 7.50. The zero-order chi connectivity index (χ0) is 29.3. The van der Waals surface area contributed by atoms with Crippen LogP contribution in [0.25, 0.3) is 64.9 Å². The molecule has 208 valence electrons. The molecule has 0 aliphatic rings. The number of pyridine rings is 4. The van der Waals surface area contributed by atoms with Crippen LogP contribution in [0.3, 0.4) is 0 Å². The Morgan fingerprint density at radius 2 is 1.16 bits per heavy atom. The molecule has 6 heterocycles. The molecule has 0 spiro atoms. The highest BCUT2D eigenvalue weighted by atomic mass is 32.1. The molecule has 0 atom stereocenters. The summed E-state index contributed by atoms with van der Waals surface area (Å²) in [5.41, 5.74) is 8.76.